The van der Waals surface area contributed by atoms with Gasteiger partial charge in [-0.05, 0) is 35.8 Å². The predicted molar refractivity (Wildman–Crippen MR) is 66.6 cm³/mol. The van der Waals surface area contributed by atoms with Crippen LogP contribution in [0.15, 0.2) is 18.2 Å². The number of hydrogen-bond donors (Lipinski definition) is 0. The summed E-state index contributed by atoms with van der Waals surface area (Å²) in [6.07, 6.45) is 0.737. The lowest BCUT2D eigenvalue weighted by atomic mass is 10.0. The lowest BCUT2D eigenvalue weighted by Gasteiger charge is -2.22. The lowest BCUT2D eigenvalue weighted by molar-refractivity contribution is -0.171. The van der Waals surface area contributed by atoms with Gasteiger partial charge in [-0.25, -0.2) is 9.59 Å². The van der Waals surface area contributed by atoms with Gasteiger partial charge < -0.3 is 9.68 Å². The molecule has 0 saturated heterocycles. The summed E-state index contributed by atoms with van der Waals surface area (Å²) in [6.45, 7) is 6.42. The quantitative estimate of drug-likeness (QED) is 0.769. The van der Waals surface area contributed by atoms with E-state index in [0.29, 0.717) is 5.69 Å². The number of anilines is 1. The maximum absolute atomic E-state index is 11.0. The van der Waals surface area contributed by atoms with Crippen molar-refractivity contribution in [3.63, 3.8) is 0 Å². The number of benzene rings is 1. The Morgan fingerprint density at radius 1 is 1.17 bits per heavy atom. The van der Waals surface area contributed by atoms with Crippen LogP contribution in [0.4, 0.5) is 5.69 Å². The Bertz CT molecular complexity index is 440. The first-order valence-electron chi connectivity index (χ1n) is 5.71. The van der Waals surface area contributed by atoms with Gasteiger partial charge in [0, 0.05) is 13.8 Å². The van der Waals surface area contributed by atoms with Gasteiger partial charge in [-0.3, -0.25) is 0 Å². The van der Waals surface area contributed by atoms with E-state index < -0.39 is 11.9 Å². The van der Waals surface area contributed by atoms with Gasteiger partial charge in [-0.1, -0.05) is 19.1 Å². The number of hydrogen-bond acceptors (Lipinski definition) is 5. The average Bonchev–Trinajstić information content (AvgIpc) is 2.26. The smallest absolute Gasteiger partial charge is 0.306 e. The van der Waals surface area contributed by atoms with Crippen LogP contribution in [-0.4, -0.2) is 11.9 Å². The van der Waals surface area contributed by atoms with Crippen molar-refractivity contribution in [3.05, 3.63) is 29.3 Å². The van der Waals surface area contributed by atoms with Gasteiger partial charge in [0.25, 0.3) is 0 Å². The molecule has 0 bridgehead atoms. The highest BCUT2D eigenvalue weighted by Crippen LogP contribution is 2.25. The van der Waals surface area contributed by atoms with Gasteiger partial charge in [-0.2, -0.15) is 0 Å². The van der Waals surface area contributed by atoms with E-state index in [2.05, 4.69) is 0 Å². The standard InChI is InChI=1S/C13H17NO4/c1-5-12-9(2)7-6-8-13(12)14(17-10(3)15)18-11(4)16/h6-8H,5H2,1-4H3. The third kappa shape index (κ3) is 3.48. The van der Waals surface area contributed by atoms with Gasteiger partial charge in [0.2, 0.25) is 0 Å². The molecule has 0 heterocycles. The Morgan fingerprint density at radius 2 is 1.72 bits per heavy atom. The van der Waals surface area contributed by atoms with Crippen molar-refractivity contribution in [2.75, 3.05) is 5.23 Å². The normalized spacial score (nSPS) is 9.78. The zero-order chi connectivity index (χ0) is 13.7. The summed E-state index contributed by atoms with van der Waals surface area (Å²) in [5, 5.41) is 0.872. The molecule has 0 saturated carbocycles. The molecule has 1 rings (SSSR count). The highest BCUT2D eigenvalue weighted by atomic mass is 17.0. The summed E-state index contributed by atoms with van der Waals surface area (Å²) >= 11 is 0. The molecular formula is C13H17NO4. The molecule has 0 spiro atoms. The van der Waals surface area contributed by atoms with E-state index in [1.165, 1.54) is 13.8 Å². The highest BCUT2D eigenvalue weighted by molar-refractivity contribution is 5.71. The SMILES string of the molecule is CCc1c(C)cccc1N(OC(C)=O)OC(C)=O. The maximum atomic E-state index is 11.0. The van der Waals surface area contributed by atoms with E-state index in [1.54, 1.807) is 6.07 Å². The zero-order valence-electron chi connectivity index (χ0n) is 11.0. The second kappa shape index (κ2) is 6.05. The number of nitrogens with zero attached hydrogens (tertiary/aromatic N) is 1. The minimum Gasteiger partial charge on any atom is -0.306 e. The molecule has 0 N–H and O–H groups in total. The first kappa shape index (κ1) is 14.0. The van der Waals surface area contributed by atoms with Crippen LogP contribution in [0.25, 0.3) is 0 Å². The molecular weight excluding hydrogens is 234 g/mol. The first-order valence-corrected chi connectivity index (χ1v) is 5.71. The van der Waals surface area contributed by atoms with E-state index in [9.17, 15) is 9.59 Å². The van der Waals surface area contributed by atoms with E-state index in [0.717, 1.165) is 22.8 Å². The summed E-state index contributed by atoms with van der Waals surface area (Å²) in [5.74, 6) is -1.11. The van der Waals surface area contributed by atoms with Crippen LogP contribution in [-0.2, 0) is 25.7 Å². The van der Waals surface area contributed by atoms with Crippen molar-refractivity contribution in [2.24, 2.45) is 0 Å². The van der Waals surface area contributed by atoms with Crippen LogP contribution < -0.4 is 5.23 Å². The van der Waals surface area contributed by atoms with Crippen molar-refractivity contribution < 1.29 is 19.3 Å². The average molecular weight is 251 g/mol. The second-order valence-electron chi connectivity index (χ2n) is 3.85. The Labute approximate surface area is 106 Å². The molecule has 98 valence electrons. The topological polar surface area (TPSA) is 55.8 Å². The third-order valence-corrected chi connectivity index (χ3v) is 2.36. The highest BCUT2D eigenvalue weighted by Gasteiger charge is 2.18. The van der Waals surface area contributed by atoms with Gasteiger partial charge in [0.1, 0.15) is 5.69 Å². The molecule has 5 heteroatoms. The van der Waals surface area contributed by atoms with Crippen LogP contribution in [0, 0.1) is 6.92 Å². The Kier molecular flexibility index (Phi) is 4.71. The third-order valence-electron chi connectivity index (χ3n) is 2.36. The molecule has 0 aliphatic rings. The van der Waals surface area contributed by atoms with Gasteiger partial charge in [0.05, 0.1) is 0 Å². The molecule has 0 aromatic heterocycles. The van der Waals surface area contributed by atoms with Crippen molar-refractivity contribution in [2.45, 2.75) is 34.1 Å². The first-order chi connectivity index (χ1) is 8.45. The summed E-state index contributed by atoms with van der Waals surface area (Å²) < 4.78 is 0. The number of carbonyl (C=O) groups excluding carboxylic acids is 2. The molecule has 0 fully saturated rings. The summed E-state index contributed by atoms with van der Waals surface area (Å²) in [7, 11) is 0. The molecule has 18 heavy (non-hydrogen) atoms. The molecule has 0 amide bonds. The van der Waals surface area contributed by atoms with E-state index >= 15 is 0 Å². The van der Waals surface area contributed by atoms with Crippen molar-refractivity contribution in [1.82, 2.24) is 0 Å². The molecule has 1 aromatic rings. The molecule has 0 aliphatic heterocycles. The Morgan fingerprint density at radius 3 is 2.17 bits per heavy atom. The second-order valence-corrected chi connectivity index (χ2v) is 3.85. The Balaban J connectivity index is 3.15. The molecule has 0 unspecified atom stereocenters. The van der Waals surface area contributed by atoms with Crippen LogP contribution in [0.3, 0.4) is 0 Å². The minimum atomic E-state index is -0.556. The van der Waals surface area contributed by atoms with Gasteiger partial charge >= 0.3 is 11.9 Å². The minimum absolute atomic E-state index is 0.556. The van der Waals surface area contributed by atoms with Crippen LogP contribution in [0.1, 0.15) is 31.9 Å². The van der Waals surface area contributed by atoms with Gasteiger partial charge in [-0.15, -0.1) is 0 Å². The molecule has 0 radical (unpaired) electrons. The van der Waals surface area contributed by atoms with Crippen LogP contribution in [0.2, 0.25) is 0 Å². The zero-order valence-corrected chi connectivity index (χ0v) is 11.0. The van der Waals surface area contributed by atoms with Crippen LogP contribution >= 0.6 is 0 Å². The van der Waals surface area contributed by atoms with Crippen molar-refractivity contribution in [1.29, 1.82) is 0 Å². The lowest BCUT2D eigenvalue weighted by Crippen LogP contribution is -2.29. The predicted octanol–water partition coefficient (Wildman–Crippen LogP) is 2.32. The number of aryl methyl sites for hydroxylation is 1. The fourth-order valence-electron chi connectivity index (χ4n) is 1.67. The largest absolute Gasteiger partial charge is 0.333 e. The number of carbonyl (C=O) groups is 2. The molecule has 1 aromatic carbocycles. The molecule has 0 atom stereocenters. The summed E-state index contributed by atoms with van der Waals surface area (Å²) in [5.41, 5.74) is 2.56. The summed E-state index contributed by atoms with van der Waals surface area (Å²) in [4.78, 5) is 31.9. The fourth-order valence-corrected chi connectivity index (χ4v) is 1.67. The van der Waals surface area contributed by atoms with Gasteiger partial charge in [0.15, 0.2) is 0 Å². The Hall–Kier alpha value is -2.04. The van der Waals surface area contributed by atoms with E-state index in [-0.39, 0.29) is 0 Å². The summed E-state index contributed by atoms with van der Waals surface area (Å²) in [6, 6.07) is 5.49. The molecule has 0 aliphatic carbocycles. The maximum Gasteiger partial charge on any atom is 0.333 e. The monoisotopic (exact) mass is 251 g/mol. The van der Waals surface area contributed by atoms with Crippen LogP contribution in [0.5, 0.6) is 0 Å². The molecule has 5 nitrogen and oxygen atoms in total. The van der Waals surface area contributed by atoms with Crippen molar-refractivity contribution >= 4 is 17.6 Å². The van der Waals surface area contributed by atoms with E-state index in [1.807, 2.05) is 26.0 Å². The van der Waals surface area contributed by atoms with E-state index in [4.69, 9.17) is 9.68 Å². The number of rotatable bonds is 4. The fraction of sp³-hybridized carbons (Fsp3) is 0.385. The van der Waals surface area contributed by atoms with Crippen molar-refractivity contribution in [3.8, 4) is 0 Å².